The first-order valence-corrected chi connectivity index (χ1v) is 9.37. The number of rotatable bonds is 7. The van der Waals surface area contributed by atoms with Gasteiger partial charge in [-0.25, -0.2) is 8.42 Å². The summed E-state index contributed by atoms with van der Waals surface area (Å²) in [5, 5.41) is 4.68. The molecule has 0 atom stereocenters. The van der Waals surface area contributed by atoms with Gasteiger partial charge in [0.1, 0.15) is 4.21 Å². The Morgan fingerprint density at radius 3 is 2.62 bits per heavy atom. The van der Waals surface area contributed by atoms with E-state index in [1.54, 1.807) is 47.7 Å². The molecule has 0 aliphatic carbocycles. The summed E-state index contributed by atoms with van der Waals surface area (Å²) in [5.41, 5.74) is 0.807. The minimum Gasteiger partial charge on any atom is -0.340 e. The monoisotopic (exact) mass is 389 g/mol. The van der Waals surface area contributed by atoms with E-state index in [2.05, 4.69) is 10.0 Å². The molecular formula is C15H20ClN3O3S2. The lowest BCUT2D eigenvalue weighted by atomic mass is 10.2. The molecule has 132 valence electrons. The first-order chi connectivity index (χ1) is 10.9. The van der Waals surface area contributed by atoms with Crippen molar-refractivity contribution in [3.8, 4) is 0 Å². The van der Waals surface area contributed by atoms with Crippen LogP contribution in [0.4, 0.5) is 5.69 Å². The van der Waals surface area contributed by atoms with Crippen molar-refractivity contribution in [1.82, 2.24) is 10.2 Å². The lowest BCUT2D eigenvalue weighted by Gasteiger charge is -2.17. The number of benzene rings is 1. The van der Waals surface area contributed by atoms with Crippen LogP contribution in [0.3, 0.4) is 0 Å². The number of amides is 1. The Labute approximate surface area is 152 Å². The third-order valence-electron chi connectivity index (χ3n) is 3.17. The van der Waals surface area contributed by atoms with Crippen molar-refractivity contribution in [2.75, 3.05) is 31.9 Å². The van der Waals surface area contributed by atoms with E-state index >= 15 is 0 Å². The summed E-state index contributed by atoms with van der Waals surface area (Å²) in [7, 11) is -0.0850. The van der Waals surface area contributed by atoms with E-state index in [0.29, 0.717) is 24.3 Å². The number of likely N-dealkylation sites (N-methyl/N-ethyl adjacent to an activating group) is 2. The lowest BCUT2D eigenvalue weighted by Crippen LogP contribution is -2.32. The molecule has 9 heteroatoms. The Morgan fingerprint density at radius 1 is 1.25 bits per heavy atom. The van der Waals surface area contributed by atoms with Crippen LogP contribution < -0.4 is 10.0 Å². The van der Waals surface area contributed by atoms with Crippen LogP contribution in [0, 0.1) is 0 Å². The quantitative estimate of drug-likeness (QED) is 0.761. The van der Waals surface area contributed by atoms with Crippen molar-refractivity contribution >= 4 is 45.4 Å². The minimum absolute atomic E-state index is 0. The highest BCUT2D eigenvalue weighted by Gasteiger charge is 2.17. The minimum atomic E-state index is -3.61. The zero-order valence-corrected chi connectivity index (χ0v) is 15.8. The fourth-order valence-electron chi connectivity index (χ4n) is 1.94. The second-order valence-electron chi connectivity index (χ2n) is 4.95. The van der Waals surface area contributed by atoms with E-state index < -0.39 is 10.0 Å². The van der Waals surface area contributed by atoms with Crippen molar-refractivity contribution < 1.29 is 13.2 Å². The summed E-state index contributed by atoms with van der Waals surface area (Å²) in [6, 6.07) is 9.70. The molecule has 0 saturated heterocycles. The van der Waals surface area contributed by atoms with E-state index in [9.17, 15) is 13.2 Å². The fourth-order valence-corrected chi connectivity index (χ4v) is 3.98. The van der Waals surface area contributed by atoms with E-state index in [0.717, 1.165) is 11.3 Å². The van der Waals surface area contributed by atoms with Gasteiger partial charge >= 0.3 is 0 Å². The van der Waals surface area contributed by atoms with Crippen molar-refractivity contribution in [3.63, 3.8) is 0 Å². The highest BCUT2D eigenvalue weighted by molar-refractivity contribution is 7.94. The van der Waals surface area contributed by atoms with Gasteiger partial charge in [-0.1, -0.05) is 12.1 Å². The second-order valence-corrected chi connectivity index (χ2v) is 7.81. The van der Waals surface area contributed by atoms with Crippen LogP contribution in [0.25, 0.3) is 0 Å². The highest BCUT2D eigenvalue weighted by Crippen LogP contribution is 2.21. The van der Waals surface area contributed by atoms with Gasteiger partial charge in [0.05, 0.1) is 0 Å². The van der Waals surface area contributed by atoms with Gasteiger partial charge in [0, 0.05) is 31.4 Å². The Hall–Kier alpha value is -1.61. The summed E-state index contributed by atoms with van der Waals surface area (Å²) in [6.07, 6.45) is 0. The van der Waals surface area contributed by atoms with E-state index in [1.165, 1.54) is 6.07 Å². The maximum Gasteiger partial charge on any atom is 0.271 e. The van der Waals surface area contributed by atoms with Gasteiger partial charge in [0.15, 0.2) is 0 Å². The van der Waals surface area contributed by atoms with Gasteiger partial charge in [-0.3, -0.25) is 9.52 Å². The Bertz CT molecular complexity index is 764. The summed E-state index contributed by atoms with van der Waals surface area (Å²) >= 11 is 1.14. The number of sulfonamides is 1. The number of nitrogens with one attached hydrogen (secondary N) is 2. The molecule has 0 bridgehead atoms. The SMILES string of the molecule is CNCCN(C)C(=O)c1cccc(NS(=O)(=O)c2cccs2)c1.Cl. The van der Waals surface area contributed by atoms with Crippen molar-refractivity contribution in [2.24, 2.45) is 0 Å². The standard InChI is InChI=1S/C15H19N3O3S2.ClH/c1-16-8-9-18(2)15(19)12-5-3-6-13(11-12)17-23(20,21)14-7-4-10-22-14;/h3-7,10-11,16-17H,8-9H2,1-2H3;1H. The first-order valence-electron chi connectivity index (χ1n) is 7.00. The molecule has 0 unspecified atom stereocenters. The zero-order chi connectivity index (χ0) is 16.9. The average molecular weight is 390 g/mol. The Balaban J connectivity index is 0.00000288. The van der Waals surface area contributed by atoms with Crippen LogP contribution in [0.15, 0.2) is 46.0 Å². The summed E-state index contributed by atoms with van der Waals surface area (Å²) in [4.78, 5) is 13.9. The van der Waals surface area contributed by atoms with Gasteiger partial charge in [0.2, 0.25) is 0 Å². The van der Waals surface area contributed by atoms with Crippen LogP contribution in [-0.2, 0) is 10.0 Å². The number of hydrogen-bond acceptors (Lipinski definition) is 5. The highest BCUT2D eigenvalue weighted by atomic mass is 35.5. The van der Waals surface area contributed by atoms with Gasteiger partial charge in [0.25, 0.3) is 15.9 Å². The van der Waals surface area contributed by atoms with Crippen LogP contribution in [0.1, 0.15) is 10.4 Å². The van der Waals surface area contributed by atoms with Gasteiger partial charge in [-0.05, 0) is 36.7 Å². The lowest BCUT2D eigenvalue weighted by molar-refractivity contribution is 0.0797. The topological polar surface area (TPSA) is 78.5 Å². The molecule has 2 aromatic rings. The van der Waals surface area contributed by atoms with Crippen molar-refractivity contribution in [1.29, 1.82) is 0 Å². The van der Waals surface area contributed by atoms with Crippen molar-refractivity contribution in [3.05, 3.63) is 47.3 Å². The first kappa shape index (κ1) is 20.4. The molecule has 0 spiro atoms. The molecular weight excluding hydrogens is 370 g/mol. The molecule has 0 fully saturated rings. The number of nitrogens with zero attached hydrogens (tertiary/aromatic N) is 1. The maximum absolute atomic E-state index is 12.3. The Kier molecular flexibility index (Phi) is 7.68. The summed E-state index contributed by atoms with van der Waals surface area (Å²) in [5.74, 6) is -0.155. The van der Waals surface area contributed by atoms with Gasteiger partial charge < -0.3 is 10.2 Å². The summed E-state index contributed by atoms with van der Waals surface area (Å²) in [6.45, 7) is 1.26. The predicted octanol–water partition coefficient (Wildman–Crippen LogP) is 2.26. The fraction of sp³-hybridized carbons (Fsp3) is 0.267. The molecule has 0 saturated carbocycles. The molecule has 6 nitrogen and oxygen atoms in total. The summed E-state index contributed by atoms with van der Waals surface area (Å²) < 4.78 is 27.2. The molecule has 0 radical (unpaired) electrons. The molecule has 0 aliphatic rings. The predicted molar refractivity (Wildman–Crippen MR) is 99.7 cm³/mol. The molecule has 2 rings (SSSR count). The van der Waals surface area contributed by atoms with E-state index in [4.69, 9.17) is 0 Å². The Morgan fingerprint density at radius 2 is 2.00 bits per heavy atom. The number of thiophene rings is 1. The largest absolute Gasteiger partial charge is 0.340 e. The number of carbonyl (C=O) groups is 1. The third kappa shape index (κ3) is 5.20. The molecule has 1 heterocycles. The maximum atomic E-state index is 12.3. The molecule has 0 aliphatic heterocycles. The molecule has 24 heavy (non-hydrogen) atoms. The number of hydrogen-bond donors (Lipinski definition) is 2. The van der Waals surface area contributed by atoms with Crippen molar-refractivity contribution in [2.45, 2.75) is 4.21 Å². The van der Waals surface area contributed by atoms with Crippen LogP contribution in [0.2, 0.25) is 0 Å². The van der Waals surface area contributed by atoms with Crippen LogP contribution in [-0.4, -0.2) is 46.4 Å². The number of halogens is 1. The number of anilines is 1. The zero-order valence-electron chi connectivity index (χ0n) is 13.4. The second kappa shape index (κ2) is 9.03. The van der Waals surface area contributed by atoms with E-state index in [-0.39, 0.29) is 22.5 Å². The molecule has 2 N–H and O–H groups in total. The number of carbonyl (C=O) groups excluding carboxylic acids is 1. The van der Waals surface area contributed by atoms with Crippen LogP contribution >= 0.6 is 23.7 Å². The van der Waals surface area contributed by atoms with Gasteiger partial charge in [-0.15, -0.1) is 23.7 Å². The molecule has 1 aromatic heterocycles. The third-order valence-corrected chi connectivity index (χ3v) is 5.94. The molecule has 1 amide bonds. The van der Waals surface area contributed by atoms with Crippen LogP contribution in [0.5, 0.6) is 0 Å². The van der Waals surface area contributed by atoms with Gasteiger partial charge in [-0.2, -0.15) is 0 Å². The van der Waals surface area contributed by atoms with E-state index in [1.807, 2.05) is 7.05 Å². The smallest absolute Gasteiger partial charge is 0.271 e. The average Bonchev–Trinajstić information content (AvgIpc) is 3.07. The molecule has 1 aromatic carbocycles. The normalized spacial score (nSPS) is 10.8.